The second-order valence-electron chi connectivity index (χ2n) is 4.93. The maximum atomic E-state index is 12.2. The van der Waals surface area contributed by atoms with Gasteiger partial charge in [0.1, 0.15) is 0 Å². The first-order valence-corrected chi connectivity index (χ1v) is 6.79. The Balaban J connectivity index is 1.84. The maximum Gasteiger partial charge on any atom is 0.223 e. The Bertz CT molecular complexity index is 377. The van der Waals surface area contributed by atoms with E-state index in [1.54, 1.807) is 0 Å². The average molecular weight is 246 g/mol. The van der Waals surface area contributed by atoms with Crippen molar-refractivity contribution in [1.29, 1.82) is 0 Å². The third kappa shape index (κ3) is 3.33. The van der Waals surface area contributed by atoms with E-state index in [1.807, 2.05) is 25.2 Å². The molecular formula is C15H22N2O. The fourth-order valence-corrected chi connectivity index (χ4v) is 2.65. The minimum atomic E-state index is 0.302. The first-order chi connectivity index (χ1) is 8.81. The molecule has 1 unspecified atom stereocenters. The summed E-state index contributed by atoms with van der Waals surface area (Å²) in [6, 6.07) is 10.6. The summed E-state index contributed by atoms with van der Waals surface area (Å²) < 4.78 is 0. The van der Waals surface area contributed by atoms with Gasteiger partial charge in [-0.3, -0.25) is 4.79 Å². The SMILES string of the molecule is CNCC1CCCN1C(=O)CCc1ccccc1. The summed E-state index contributed by atoms with van der Waals surface area (Å²) in [5, 5.41) is 3.17. The Kier molecular flexibility index (Phi) is 4.76. The van der Waals surface area contributed by atoms with E-state index in [0.717, 1.165) is 32.4 Å². The lowest BCUT2D eigenvalue weighted by molar-refractivity contribution is -0.131. The van der Waals surface area contributed by atoms with Gasteiger partial charge in [-0.1, -0.05) is 30.3 Å². The molecule has 1 fully saturated rings. The number of hydrogen-bond donors (Lipinski definition) is 1. The van der Waals surface area contributed by atoms with E-state index >= 15 is 0 Å². The molecular weight excluding hydrogens is 224 g/mol. The summed E-state index contributed by atoms with van der Waals surface area (Å²) in [4.78, 5) is 14.3. The normalized spacial score (nSPS) is 19.2. The molecule has 0 spiro atoms. The van der Waals surface area contributed by atoms with Crippen LogP contribution in [-0.2, 0) is 11.2 Å². The molecule has 1 atom stereocenters. The molecule has 1 aromatic rings. The largest absolute Gasteiger partial charge is 0.338 e. The molecule has 0 aliphatic carbocycles. The van der Waals surface area contributed by atoms with Gasteiger partial charge in [0.2, 0.25) is 5.91 Å². The van der Waals surface area contributed by atoms with Crippen LogP contribution in [0.5, 0.6) is 0 Å². The Morgan fingerprint density at radius 1 is 1.39 bits per heavy atom. The summed E-state index contributed by atoms with van der Waals surface area (Å²) in [6.45, 7) is 1.84. The number of nitrogens with zero attached hydrogens (tertiary/aromatic N) is 1. The van der Waals surface area contributed by atoms with Gasteiger partial charge in [-0.05, 0) is 31.9 Å². The molecule has 1 N–H and O–H groups in total. The lowest BCUT2D eigenvalue weighted by atomic mass is 10.1. The second-order valence-corrected chi connectivity index (χ2v) is 4.93. The van der Waals surface area contributed by atoms with Crippen molar-refractivity contribution in [2.45, 2.75) is 31.7 Å². The lowest BCUT2D eigenvalue weighted by Crippen LogP contribution is -2.40. The summed E-state index contributed by atoms with van der Waals surface area (Å²) in [5.41, 5.74) is 1.25. The number of hydrogen-bond acceptors (Lipinski definition) is 2. The van der Waals surface area contributed by atoms with Gasteiger partial charge in [0.05, 0.1) is 0 Å². The minimum absolute atomic E-state index is 0.302. The molecule has 1 aliphatic heterocycles. The smallest absolute Gasteiger partial charge is 0.223 e. The van der Waals surface area contributed by atoms with Gasteiger partial charge >= 0.3 is 0 Å². The van der Waals surface area contributed by atoms with Gasteiger partial charge in [-0.25, -0.2) is 0 Å². The minimum Gasteiger partial charge on any atom is -0.338 e. The third-order valence-electron chi connectivity index (χ3n) is 3.61. The third-order valence-corrected chi connectivity index (χ3v) is 3.61. The highest BCUT2D eigenvalue weighted by Gasteiger charge is 2.27. The number of benzene rings is 1. The first-order valence-electron chi connectivity index (χ1n) is 6.79. The molecule has 2 rings (SSSR count). The number of carbonyl (C=O) groups excluding carboxylic acids is 1. The van der Waals surface area contributed by atoms with E-state index < -0.39 is 0 Å². The molecule has 1 amide bonds. The summed E-state index contributed by atoms with van der Waals surface area (Å²) in [7, 11) is 1.95. The van der Waals surface area contributed by atoms with Gasteiger partial charge in [0.25, 0.3) is 0 Å². The van der Waals surface area contributed by atoms with Crippen LogP contribution < -0.4 is 5.32 Å². The summed E-state index contributed by atoms with van der Waals surface area (Å²) in [5.74, 6) is 0.302. The van der Waals surface area contributed by atoms with Crippen LogP contribution in [0.1, 0.15) is 24.8 Å². The number of likely N-dealkylation sites (N-methyl/N-ethyl adjacent to an activating group) is 1. The molecule has 0 bridgehead atoms. The van der Waals surface area contributed by atoms with Crippen molar-refractivity contribution < 1.29 is 4.79 Å². The molecule has 3 heteroatoms. The Morgan fingerprint density at radius 3 is 2.89 bits per heavy atom. The van der Waals surface area contributed by atoms with Crippen LogP contribution in [0.3, 0.4) is 0 Å². The van der Waals surface area contributed by atoms with E-state index in [1.165, 1.54) is 5.56 Å². The predicted octanol–water partition coefficient (Wildman–Crippen LogP) is 1.83. The highest BCUT2D eigenvalue weighted by atomic mass is 16.2. The van der Waals surface area contributed by atoms with Crippen LogP contribution in [0, 0.1) is 0 Å². The van der Waals surface area contributed by atoms with Crippen molar-refractivity contribution in [3.05, 3.63) is 35.9 Å². The highest BCUT2D eigenvalue weighted by molar-refractivity contribution is 5.77. The number of nitrogens with one attached hydrogen (secondary N) is 1. The van der Waals surface area contributed by atoms with Crippen LogP contribution in [-0.4, -0.2) is 37.0 Å². The van der Waals surface area contributed by atoms with Crippen molar-refractivity contribution in [2.75, 3.05) is 20.1 Å². The van der Waals surface area contributed by atoms with E-state index in [9.17, 15) is 4.79 Å². The first kappa shape index (κ1) is 13.1. The van der Waals surface area contributed by atoms with Crippen molar-refractivity contribution in [3.63, 3.8) is 0 Å². The zero-order valence-corrected chi connectivity index (χ0v) is 11.1. The molecule has 0 aromatic heterocycles. The standard InChI is InChI=1S/C15H22N2O/c1-16-12-14-8-5-11-17(14)15(18)10-9-13-6-3-2-4-7-13/h2-4,6-7,14,16H,5,8-12H2,1H3. The Morgan fingerprint density at radius 2 is 2.17 bits per heavy atom. The van der Waals surface area contributed by atoms with E-state index in [0.29, 0.717) is 18.4 Å². The van der Waals surface area contributed by atoms with Gasteiger partial charge in [0, 0.05) is 25.6 Å². The van der Waals surface area contributed by atoms with Crippen molar-refractivity contribution in [2.24, 2.45) is 0 Å². The summed E-state index contributed by atoms with van der Waals surface area (Å²) >= 11 is 0. The number of carbonyl (C=O) groups is 1. The van der Waals surface area contributed by atoms with Gasteiger partial charge in [-0.15, -0.1) is 0 Å². The molecule has 1 aromatic carbocycles. The van der Waals surface area contributed by atoms with Crippen LogP contribution in [0.2, 0.25) is 0 Å². The topological polar surface area (TPSA) is 32.3 Å². The lowest BCUT2D eigenvalue weighted by Gasteiger charge is -2.24. The van der Waals surface area contributed by atoms with E-state index in [4.69, 9.17) is 0 Å². The Labute approximate surface area is 109 Å². The fraction of sp³-hybridized carbons (Fsp3) is 0.533. The fourth-order valence-electron chi connectivity index (χ4n) is 2.65. The van der Waals surface area contributed by atoms with Crippen LogP contribution in [0.15, 0.2) is 30.3 Å². The summed E-state index contributed by atoms with van der Waals surface area (Å²) in [6.07, 6.45) is 3.76. The molecule has 98 valence electrons. The molecule has 1 heterocycles. The molecule has 18 heavy (non-hydrogen) atoms. The van der Waals surface area contributed by atoms with E-state index in [-0.39, 0.29) is 0 Å². The monoisotopic (exact) mass is 246 g/mol. The number of aryl methyl sites for hydroxylation is 1. The molecule has 1 aliphatic rings. The highest BCUT2D eigenvalue weighted by Crippen LogP contribution is 2.18. The number of likely N-dealkylation sites (tertiary alicyclic amines) is 1. The van der Waals surface area contributed by atoms with Crippen LogP contribution in [0.4, 0.5) is 0 Å². The maximum absolute atomic E-state index is 12.2. The van der Waals surface area contributed by atoms with Crippen molar-refractivity contribution in [1.82, 2.24) is 10.2 Å². The van der Waals surface area contributed by atoms with Gasteiger partial charge < -0.3 is 10.2 Å². The molecule has 0 radical (unpaired) electrons. The molecule has 0 saturated carbocycles. The Hall–Kier alpha value is -1.35. The average Bonchev–Trinajstić information content (AvgIpc) is 2.86. The number of rotatable bonds is 5. The van der Waals surface area contributed by atoms with E-state index in [2.05, 4.69) is 22.3 Å². The predicted molar refractivity (Wildman–Crippen MR) is 73.4 cm³/mol. The van der Waals surface area contributed by atoms with Gasteiger partial charge in [-0.2, -0.15) is 0 Å². The molecule has 1 saturated heterocycles. The number of amides is 1. The van der Waals surface area contributed by atoms with Crippen molar-refractivity contribution >= 4 is 5.91 Å². The second kappa shape index (κ2) is 6.55. The quantitative estimate of drug-likeness (QED) is 0.859. The van der Waals surface area contributed by atoms with Crippen LogP contribution in [0.25, 0.3) is 0 Å². The van der Waals surface area contributed by atoms with Crippen LogP contribution >= 0.6 is 0 Å². The van der Waals surface area contributed by atoms with Gasteiger partial charge in [0.15, 0.2) is 0 Å². The zero-order valence-electron chi connectivity index (χ0n) is 11.1. The molecule has 3 nitrogen and oxygen atoms in total. The zero-order chi connectivity index (χ0) is 12.8. The van der Waals surface area contributed by atoms with Crippen molar-refractivity contribution in [3.8, 4) is 0 Å².